The second kappa shape index (κ2) is 9.01. The molecule has 8 heteroatoms. The van der Waals surface area contributed by atoms with Crippen LogP contribution >= 0.6 is 0 Å². The number of likely N-dealkylation sites (tertiary alicyclic amines) is 1. The molecule has 2 atom stereocenters. The van der Waals surface area contributed by atoms with Gasteiger partial charge in [0.1, 0.15) is 18.3 Å². The number of carbonyl (C=O) groups excluding carboxylic acids is 1. The zero-order valence-electron chi connectivity index (χ0n) is 18.4. The van der Waals surface area contributed by atoms with Gasteiger partial charge >= 0.3 is 0 Å². The summed E-state index contributed by atoms with van der Waals surface area (Å²) in [6.45, 7) is 8.28. The molecule has 2 aromatic heterocycles. The average molecular weight is 423 g/mol. The molecule has 1 saturated heterocycles. The Morgan fingerprint density at radius 3 is 2.52 bits per heavy atom. The molecule has 0 bridgehead atoms. The first-order chi connectivity index (χ1) is 14.9. The fourth-order valence-electron chi connectivity index (χ4n) is 4.53. The molecule has 1 fully saturated rings. The Kier molecular flexibility index (Phi) is 6.18. The maximum absolute atomic E-state index is 12.5. The summed E-state index contributed by atoms with van der Waals surface area (Å²) >= 11 is 0. The van der Waals surface area contributed by atoms with Crippen molar-refractivity contribution < 1.29 is 4.79 Å². The highest BCUT2D eigenvalue weighted by atomic mass is 16.2. The van der Waals surface area contributed by atoms with Gasteiger partial charge in [-0.15, -0.1) is 0 Å². The number of fused-ring (bicyclic) bond motifs is 1. The van der Waals surface area contributed by atoms with Crippen LogP contribution in [-0.4, -0.2) is 43.2 Å². The molecule has 3 heterocycles. The largest absolute Gasteiger partial charge is 0.350 e. The van der Waals surface area contributed by atoms with E-state index in [1.165, 1.54) is 33.8 Å². The minimum Gasteiger partial charge on any atom is -0.350 e. The third-order valence-electron chi connectivity index (χ3n) is 5.90. The Balaban J connectivity index is 1.30. The number of nitrogens with zero attached hydrogens (tertiary/aromatic N) is 5. The molecule has 8 nitrogen and oxygen atoms in total. The molecule has 1 aromatic carbocycles. The summed E-state index contributed by atoms with van der Waals surface area (Å²) < 4.78 is 2.85. The number of hydrogen-bond donors (Lipinski definition) is 1. The molecule has 0 aliphatic carbocycles. The number of aromatic nitrogens is 4. The van der Waals surface area contributed by atoms with Crippen LogP contribution in [0.15, 0.2) is 41.6 Å². The maximum atomic E-state index is 12.5. The third-order valence-corrected chi connectivity index (χ3v) is 5.90. The molecule has 1 aliphatic heterocycles. The predicted molar refractivity (Wildman–Crippen MR) is 119 cm³/mol. The molecule has 0 spiro atoms. The quantitative estimate of drug-likeness (QED) is 0.656. The van der Waals surface area contributed by atoms with Gasteiger partial charge in [-0.3, -0.25) is 23.7 Å². The van der Waals surface area contributed by atoms with Crippen LogP contribution in [0.1, 0.15) is 31.4 Å². The van der Waals surface area contributed by atoms with Gasteiger partial charge in [-0.2, -0.15) is 5.10 Å². The summed E-state index contributed by atoms with van der Waals surface area (Å²) in [7, 11) is 1.73. The van der Waals surface area contributed by atoms with E-state index in [2.05, 4.69) is 58.4 Å². The Hall–Kier alpha value is -3.00. The molecule has 0 radical (unpaired) electrons. The van der Waals surface area contributed by atoms with Crippen molar-refractivity contribution in [2.24, 2.45) is 18.9 Å². The van der Waals surface area contributed by atoms with E-state index < -0.39 is 0 Å². The maximum Gasteiger partial charge on any atom is 0.264 e. The SMILES string of the molecule is CC1CC(C)CN(Cc2ccc(CNC(=O)Cn3cnc4c(cnn4C)c3=O)cc2)C1. The summed E-state index contributed by atoms with van der Waals surface area (Å²) in [6.07, 6.45) is 4.18. The van der Waals surface area contributed by atoms with Crippen LogP contribution in [0, 0.1) is 11.8 Å². The Bertz CT molecular complexity index is 1110. The van der Waals surface area contributed by atoms with Crippen molar-refractivity contribution in [3.8, 4) is 0 Å². The molecule has 3 aromatic rings. The first-order valence-electron chi connectivity index (χ1n) is 10.8. The monoisotopic (exact) mass is 422 g/mol. The van der Waals surface area contributed by atoms with Crippen molar-refractivity contribution in [1.82, 2.24) is 29.5 Å². The molecule has 1 N–H and O–H groups in total. The van der Waals surface area contributed by atoms with E-state index in [4.69, 9.17) is 0 Å². The minimum atomic E-state index is -0.265. The molecular formula is C23H30N6O2. The van der Waals surface area contributed by atoms with Crippen LogP contribution in [-0.2, 0) is 31.5 Å². The number of carbonyl (C=O) groups is 1. The van der Waals surface area contributed by atoms with Crippen LogP contribution in [0.2, 0.25) is 0 Å². The zero-order valence-corrected chi connectivity index (χ0v) is 18.4. The molecule has 1 amide bonds. The van der Waals surface area contributed by atoms with Crippen molar-refractivity contribution in [2.75, 3.05) is 13.1 Å². The Morgan fingerprint density at radius 2 is 1.81 bits per heavy atom. The minimum absolute atomic E-state index is 0.0694. The van der Waals surface area contributed by atoms with Crippen LogP contribution in [0.25, 0.3) is 11.0 Å². The highest BCUT2D eigenvalue weighted by Crippen LogP contribution is 2.22. The van der Waals surface area contributed by atoms with Crippen molar-refractivity contribution in [2.45, 2.75) is 39.9 Å². The standard InChI is InChI=1S/C23H30N6O2/c1-16-8-17(2)12-28(11-16)13-19-6-4-18(5-7-19)9-24-21(30)14-29-15-25-22-20(23(29)31)10-26-27(22)3/h4-7,10,15-17H,8-9,11-14H2,1-3H3,(H,24,30). The van der Waals surface area contributed by atoms with Crippen LogP contribution < -0.4 is 10.9 Å². The lowest BCUT2D eigenvalue weighted by molar-refractivity contribution is -0.121. The van der Waals surface area contributed by atoms with Gasteiger partial charge < -0.3 is 5.32 Å². The number of hydrogen-bond acceptors (Lipinski definition) is 5. The fraction of sp³-hybridized carbons (Fsp3) is 0.478. The van der Waals surface area contributed by atoms with Gasteiger partial charge in [0.2, 0.25) is 5.91 Å². The van der Waals surface area contributed by atoms with E-state index in [1.807, 2.05) is 0 Å². The van der Waals surface area contributed by atoms with E-state index in [0.29, 0.717) is 17.6 Å². The van der Waals surface area contributed by atoms with E-state index in [-0.39, 0.29) is 18.0 Å². The molecule has 2 unspecified atom stereocenters. The van der Waals surface area contributed by atoms with E-state index in [0.717, 1.165) is 37.0 Å². The molecular weight excluding hydrogens is 392 g/mol. The second-order valence-electron chi connectivity index (χ2n) is 8.92. The molecule has 1 aliphatic rings. The van der Waals surface area contributed by atoms with Gasteiger partial charge in [-0.1, -0.05) is 38.1 Å². The normalized spacial score (nSPS) is 19.6. The first kappa shape index (κ1) is 21.2. The Morgan fingerprint density at radius 1 is 1.13 bits per heavy atom. The number of rotatable bonds is 6. The number of piperidine rings is 1. The predicted octanol–water partition coefficient (Wildman–Crippen LogP) is 1.92. The van der Waals surface area contributed by atoms with Gasteiger partial charge in [0.15, 0.2) is 5.65 Å². The van der Waals surface area contributed by atoms with E-state index in [1.54, 1.807) is 7.05 Å². The van der Waals surface area contributed by atoms with Gasteiger partial charge in [0.25, 0.3) is 5.56 Å². The van der Waals surface area contributed by atoms with Crippen LogP contribution in [0.5, 0.6) is 0 Å². The number of nitrogens with one attached hydrogen (secondary N) is 1. The molecule has 4 rings (SSSR count). The van der Waals surface area contributed by atoms with E-state index in [9.17, 15) is 9.59 Å². The third kappa shape index (κ3) is 5.02. The van der Waals surface area contributed by atoms with Crippen molar-refractivity contribution in [3.63, 3.8) is 0 Å². The Labute approximate surface area is 181 Å². The van der Waals surface area contributed by atoms with Crippen molar-refractivity contribution in [3.05, 3.63) is 58.3 Å². The van der Waals surface area contributed by atoms with E-state index >= 15 is 0 Å². The number of benzene rings is 1. The summed E-state index contributed by atoms with van der Waals surface area (Å²) in [5, 5.41) is 7.33. The number of amides is 1. The highest BCUT2D eigenvalue weighted by Gasteiger charge is 2.21. The summed E-state index contributed by atoms with van der Waals surface area (Å²) in [4.78, 5) is 31.6. The average Bonchev–Trinajstić information content (AvgIpc) is 3.10. The molecule has 0 saturated carbocycles. The highest BCUT2D eigenvalue weighted by molar-refractivity contribution is 5.77. The summed E-state index contributed by atoms with van der Waals surface area (Å²) in [5.41, 5.74) is 2.57. The summed E-state index contributed by atoms with van der Waals surface area (Å²) in [6, 6.07) is 8.38. The lowest BCUT2D eigenvalue weighted by Gasteiger charge is -2.35. The second-order valence-corrected chi connectivity index (χ2v) is 8.92. The lowest BCUT2D eigenvalue weighted by Crippen LogP contribution is -2.38. The fourth-order valence-corrected chi connectivity index (χ4v) is 4.53. The van der Waals surface area contributed by atoms with Gasteiger partial charge in [-0.05, 0) is 29.4 Å². The van der Waals surface area contributed by atoms with Gasteiger partial charge in [0, 0.05) is 33.2 Å². The topological polar surface area (TPSA) is 85.1 Å². The first-order valence-corrected chi connectivity index (χ1v) is 10.8. The van der Waals surface area contributed by atoms with Crippen molar-refractivity contribution >= 4 is 16.9 Å². The zero-order chi connectivity index (χ0) is 22.0. The van der Waals surface area contributed by atoms with Crippen molar-refractivity contribution in [1.29, 1.82) is 0 Å². The van der Waals surface area contributed by atoms with Crippen LogP contribution in [0.3, 0.4) is 0 Å². The number of aryl methyl sites for hydroxylation is 1. The lowest BCUT2D eigenvalue weighted by atomic mass is 9.91. The molecule has 164 valence electrons. The summed E-state index contributed by atoms with van der Waals surface area (Å²) in [5.74, 6) is 1.27. The van der Waals surface area contributed by atoms with Gasteiger partial charge in [0.05, 0.1) is 6.20 Å². The molecule has 31 heavy (non-hydrogen) atoms. The van der Waals surface area contributed by atoms with Gasteiger partial charge in [-0.25, -0.2) is 4.98 Å². The van der Waals surface area contributed by atoms with Crippen LogP contribution in [0.4, 0.5) is 0 Å². The smallest absolute Gasteiger partial charge is 0.264 e.